The third-order valence-electron chi connectivity index (χ3n) is 4.70. The van der Waals surface area contributed by atoms with Crippen LogP contribution in [0.15, 0.2) is 24.5 Å². The summed E-state index contributed by atoms with van der Waals surface area (Å²) in [4.78, 5) is 23.1. The fourth-order valence-corrected chi connectivity index (χ4v) is 3.24. The maximum absolute atomic E-state index is 12.6. The second-order valence-corrected chi connectivity index (χ2v) is 6.53. The molecule has 1 fully saturated rings. The van der Waals surface area contributed by atoms with E-state index in [0.717, 1.165) is 25.9 Å². The number of anilines is 2. The molecule has 150 valence electrons. The summed E-state index contributed by atoms with van der Waals surface area (Å²) in [6, 6.07) is 3.55. The van der Waals surface area contributed by atoms with Crippen molar-refractivity contribution in [3.8, 4) is 17.2 Å². The lowest BCUT2D eigenvalue weighted by molar-refractivity contribution is 0.0755. The topological polar surface area (TPSA) is 85.8 Å². The van der Waals surface area contributed by atoms with Gasteiger partial charge in [-0.2, -0.15) is 0 Å². The molecule has 1 aromatic heterocycles. The zero-order valence-electron chi connectivity index (χ0n) is 16.5. The summed E-state index contributed by atoms with van der Waals surface area (Å²) in [5.74, 6) is 2.03. The van der Waals surface area contributed by atoms with Gasteiger partial charge in [0.25, 0.3) is 5.91 Å². The van der Waals surface area contributed by atoms with E-state index in [2.05, 4.69) is 15.3 Å². The summed E-state index contributed by atoms with van der Waals surface area (Å²) >= 11 is 0. The van der Waals surface area contributed by atoms with Crippen molar-refractivity contribution >= 4 is 17.4 Å². The second kappa shape index (κ2) is 9.25. The Balaban J connectivity index is 1.74. The van der Waals surface area contributed by atoms with Crippen molar-refractivity contribution in [2.45, 2.75) is 25.7 Å². The average molecular weight is 386 g/mol. The number of hydrogen-bond donors (Lipinski definition) is 1. The molecule has 1 N–H and O–H groups in total. The van der Waals surface area contributed by atoms with E-state index >= 15 is 0 Å². The van der Waals surface area contributed by atoms with Gasteiger partial charge in [0.05, 0.1) is 33.7 Å². The van der Waals surface area contributed by atoms with Gasteiger partial charge in [0.2, 0.25) is 5.75 Å². The highest BCUT2D eigenvalue weighted by Crippen LogP contribution is 2.40. The average Bonchev–Trinajstić information content (AvgIpc) is 3.02. The van der Waals surface area contributed by atoms with Crippen LogP contribution in [0.4, 0.5) is 11.5 Å². The number of ether oxygens (including phenoxy) is 3. The van der Waals surface area contributed by atoms with E-state index < -0.39 is 0 Å². The monoisotopic (exact) mass is 386 g/mol. The first-order valence-electron chi connectivity index (χ1n) is 9.34. The molecule has 2 heterocycles. The summed E-state index contributed by atoms with van der Waals surface area (Å²) in [6.07, 6.45) is 7.49. The Hall–Kier alpha value is -3.03. The zero-order chi connectivity index (χ0) is 19.9. The summed E-state index contributed by atoms with van der Waals surface area (Å²) in [7, 11) is 4.67. The lowest BCUT2D eigenvalue weighted by Gasteiger charge is -2.19. The van der Waals surface area contributed by atoms with Crippen molar-refractivity contribution in [1.29, 1.82) is 0 Å². The van der Waals surface area contributed by atoms with Crippen molar-refractivity contribution in [3.63, 3.8) is 0 Å². The van der Waals surface area contributed by atoms with Crippen molar-refractivity contribution in [1.82, 2.24) is 14.9 Å². The van der Waals surface area contributed by atoms with E-state index in [9.17, 15) is 4.79 Å². The second-order valence-electron chi connectivity index (χ2n) is 6.53. The Morgan fingerprint density at radius 3 is 2.07 bits per heavy atom. The smallest absolute Gasteiger partial charge is 0.274 e. The minimum absolute atomic E-state index is 0.0614. The van der Waals surface area contributed by atoms with Crippen LogP contribution in [0, 0.1) is 0 Å². The molecule has 0 unspecified atom stereocenters. The summed E-state index contributed by atoms with van der Waals surface area (Å²) in [5.41, 5.74) is 1.06. The van der Waals surface area contributed by atoms with E-state index in [4.69, 9.17) is 14.2 Å². The van der Waals surface area contributed by atoms with Gasteiger partial charge in [-0.1, -0.05) is 12.8 Å². The van der Waals surface area contributed by atoms with Crippen LogP contribution in [0.5, 0.6) is 17.2 Å². The van der Waals surface area contributed by atoms with Gasteiger partial charge in [-0.25, -0.2) is 9.97 Å². The van der Waals surface area contributed by atoms with Gasteiger partial charge in [-0.05, 0) is 12.8 Å². The van der Waals surface area contributed by atoms with Crippen LogP contribution in [0.2, 0.25) is 0 Å². The fraction of sp³-hybridized carbons (Fsp3) is 0.450. The molecular formula is C20H26N4O4. The van der Waals surface area contributed by atoms with Crippen LogP contribution in [-0.2, 0) is 0 Å². The van der Waals surface area contributed by atoms with Crippen molar-refractivity contribution in [3.05, 3.63) is 30.2 Å². The molecule has 3 rings (SSSR count). The lowest BCUT2D eigenvalue weighted by Crippen LogP contribution is -2.32. The predicted octanol–water partition coefficient (Wildman–Crippen LogP) is 3.26. The number of carbonyl (C=O) groups excluding carboxylic acids is 1. The van der Waals surface area contributed by atoms with Crippen LogP contribution in [0.25, 0.3) is 0 Å². The third kappa shape index (κ3) is 4.44. The number of nitrogens with one attached hydrogen (secondary N) is 1. The molecule has 0 bridgehead atoms. The van der Waals surface area contributed by atoms with Gasteiger partial charge in [0.1, 0.15) is 11.5 Å². The first kappa shape index (κ1) is 19.7. The van der Waals surface area contributed by atoms with Crippen LogP contribution >= 0.6 is 0 Å². The molecule has 1 aromatic carbocycles. The molecule has 8 nitrogen and oxygen atoms in total. The maximum atomic E-state index is 12.6. The molecule has 0 atom stereocenters. The molecular weight excluding hydrogens is 360 g/mol. The Kier molecular flexibility index (Phi) is 6.52. The summed E-state index contributed by atoms with van der Waals surface area (Å²) in [5, 5.41) is 3.15. The van der Waals surface area contributed by atoms with Crippen LogP contribution < -0.4 is 19.5 Å². The van der Waals surface area contributed by atoms with Crippen molar-refractivity contribution in [2.24, 2.45) is 0 Å². The first-order chi connectivity index (χ1) is 13.7. The van der Waals surface area contributed by atoms with Crippen LogP contribution in [0.3, 0.4) is 0 Å². The highest BCUT2D eigenvalue weighted by molar-refractivity contribution is 5.92. The molecule has 0 spiro atoms. The largest absolute Gasteiger partial charge is 0.493 e. The van der Waals surface area contributed by atoms with Gasteiger partial charge in [-0.3, -0.25) is 4.79 Å². The molecule has 2 aromatic rings. The predicted molar refractivity (Wildman–Crippen MR) is 106 cm³/mol. The number of methoxy groups -OCH3 is 3. The first-order valence-corrected chi connectivity index (χ1v) is 9.34. The summed E-state index contributed by atoms with van der Waals surface area (Å²) in [6.45, 7) is 1.57. The Bertz CT molecular complexity index is 777. The number of hydrogen-bond acceptors (Lipinski definition) is 7. The molecule has 1 aliphatic heterocycles. The highest BCUT2D eigenvalue weighted by Gasteiger charge is 2.19. The number of amides is 1. The van der Waals surface area contributed by atoms with E-state index in [1.165, 1.54) is 19.0 Å². The van der Waals surface area contributed by atoms with Gasteiger partial charge < -0.3 is 24.4 Å². The third-order valence-corrected chi connectivity index (χ3v) is 4.70. The van der Waals surface area contributed by atoms with E-state index in [1.807, 2.05) is 4.90 Å². The molecule has 1 aliphatic rings. The molecule has 8 heteroatoms. The van der Waals surface area contributed by atoms with E-state index in [-0.39, 0.29) is 5.91 Å². The highest BCUT2D eigenvalue weighted by atomic mass is 16.5. The fourth-order valence-electron chi connectivity index (χ4n) is 3.24. The van der Waals surface area contributed by atoms with Crippen molar-refractivity contribution in [2.75, 3.05) is 39.7 Å². The molecule has 1 saturated heterocycles. The minimum Gasteiger partial charge on any atom is -0.493 e. The van der Waals surface area contributed by atoms with E-state index in [1.54, 1.807) is 39.7 Å². The SMILES string of the molecule is COc1cc(Nc2cnc(C(=O)N3CCCCCC3)cn2)cc(OC)c1OC. The normalized spacial score (nSPS) is 14.2. The van der Waals surface area contributed by atoms with Gasteiger partial charge in [0.15, 0.2) is 11.5 Å². The molecule has 0 aliphatic carbocycles. The Morgan fingerprint density at radius 1 is 0.929 bits per heavy atom. The van der Waals surface area contributed by atoms with Gasteiger partial charge >= 0.3 is 0 Å². The van der Waals surface area contributed by atoms with Crippen molar-refractivity contribution < 1.29 is 19.0 Å². The number of benzene rings is 1. The molecule has 0 radical (unpaired) electrons. The lowest BCUT2D eigenvalue weighted by atomic mass is 10.2. The Labute approximate surface area is 164 Å². The number of aromatic nitrogens is 2. The number of rotatable bonds is 6. The quantitative estimate of drug-likeness (QED) is 0.815. The zero-order valence-corrected chi connectivity index (χ0v) is 16.5. The standard InChI is InChI=1S/C20H26N4O4/c1-26-16-10-14(11-17(27-2)19(16)28-3)23-18-13-21-15(12-22-18)20(25)24-8-6-4-5-7-9-24/h10-13H,4-9H2,1-3H3,(H,22,23). The number of carbonyl (C=O) groups is 1. The molecule has 1 amide bonds. The number of nitrogens with zero attached hydrogens (tertiary/aromatic N) is 3. The Morgan fingerprint density at radius 2 is 1.57 bits per heavy atom. The van der Waals surface area contributed by atoms with Gasteiger partial charge in [0, 0.05) is 30.9 Å². The maximum Gasteiger partial charge on any atom is 0.274 e. The van der Waals surface area contributed by atoms with Crippen LogP contribution in [-0.4, -0.2) is 55.2 Å². The van der Waals surface area contributed by atoms with Gasteiger partial charge in [-0.15, -0.1) is 0 Å². The summed E-state index contributed by atoms with van der Waals surface area (Å²) < 4.78 is 16.0. The molecule has 28 heavy (non-hydrogen) atoms. The van der Waals surface area contributed by atoms with E-state index in [0.29, 0.717) is 34.4 Å². The minimum atomic E-state index is -0.0614. The molecule has 0 saturated carbocycles. The van der Waals surface area contributed by atoms with Crippen LogP contribution in [0.1, 0.15) is 36.2 Å². The number of likely N-dealkylation sites (tertiary alicyclic amines) is 1.